The molecule has 15 heteroatoms. The number of pyridine rings is 1. The summed E-state index contributed by atoms with van der Waals surface area (Å²) in [5.41, 5.74) is -7.32. The lowest BCUT2D eigenvalue weighted by atomic mass is 9.90. The number of nitrogens with zero attached hydrogens (tertiary/aromatic N) is 2. The molecule has 1 aliphatic rings. The van der Waals surface area contributed by atoms with Crippen LogP contribution in [0.3, 0.4) is 0 Å². The molecule has 1 aromatic heterocycles. The third kappa shape index (κ3) is 6.82. The summed E-state index contributed by atoms with van der Waals surface area (Å²) in [5.74, 6) is -0.762. The lowest BCUT2D eigenvalue weighted by molar-refractivity contribution is -0.376. The van der Waals surface area contributed by atoms with Crippen molar-refractivity contribution in [3.05, 3.63) is 82.7 Å². The quantitative estimate of drug-likeness (QED) is 0.129. The van der Waals surface area contributed by atoms with Gasteiger partial charge < -0.3 is 19.9 Å². The van der Waals surface area contributed by atoms with E-state index in [-0.39, 0.29) is 40.8 Å². The molecule has 4 rings (SSSR count). The fraction of sp³-hybridized carbons (Fsp3) is 0.394. The zero-order valence-electron chi connectivity index (χ0n) is 26.5. The number of alkyl halides is 6. The summed E-state index contributed by atoms with van der Waals surface area (Å²) in [5, 5.41) is 12.4. The number of benzene rings is 2. The molecule has 0 unspecified atom stereocenters. The Morgan fingerprint density at radius 1 is 1.00 bits per heavy atom. The minimum absolute atomic E-state index is 0.0158. The molecule has 0 saturated carbocycles. The molecular formula is C33H33F6N3O6. The molecule has 3 amide bonds. The summed E-state index contributed by atoms with van der Waals surface area (Å²) < 4.78 is 92.1. The summed E-state index contributed by atoms with van der Waals surface area (Å²) in [6.45, 7) is 7.74. The van der Waals surface area contributed by atoms with Gasteiger partial charge in [-0.1, -0.05) is 19.4 Å². The lowest BCUT2D eigenvalue weighted by Crippen LogP contribution is -2.53. The Balaban J connectivity index is 1.53. The fourth-order valence-corrected chi connectivity index (χ4v) is 5.26. The molecule has 48 heavy (non-hydrogen) atoms. The van der Waals surface area contributed by atoms with Gasteiger partial charge in [-0.05, 0) is 87.7 Å². The number of aryl methyl sites for hydroxylation is 2. The molecule has 258 valence electrons. The van der Waals surface area contributed by atoms with E-state index in [2.05, 4.69) is 10.3 Å². The van der Waals surface area contributed by atoms with Crippen LogP contribution in [0.2, 0.25) is 0 Å². The van der Waals surface area contributed by atoms with E-state index < -0.39 is 53.3 Å². The summed E-state index contributed by atoms with van der Waals surface area (Å²) >= 11 is 0. The van der Waals surface area contributed by atoms with Gasteiger partial charge >= 0.3 is 18.4 Å². The van der Waals surface area contributed by atoms with Crippen LogP contribution in [0.5, 0.6) is 17.2 Å². The van der Waals surface area contributed by atoms with Gasteiger partial charge in [-0.3, -0.25) is 19.5 Å². The summed E-state index contributed by atoms with van der Waals surface area (Å²) in [7, 11) is 0. The van der Waals surface area contributed by atoms with Crippen molar-refractivity contribution in [3.8, 4) is 17.2 Å². The second-order valence-electron chi connectivity index (χ2n) is 11.8. The van der Waals surface area contributed by atoms with Crippen molar-refractivity contribution >= 4 is 17.7 Å². The summed E-state index contributed by atoms with van der Waals surface area (Å²) in [6.07, 6.45) is -10.4. The highest BCUT2D eigenvalue weighted by Gasteiger charge is 2.71. The van der Waals surface area contributed by atoms with Crippen molar-refractivity contribution in [3.63, 3.8) is 0 Å². The fourth-order valence-electron chi connectivity index (χ4n) is 5.26. The molecular weight excluding hydrogens is 648 g/mol. The number of ketones is 1. The number of aromatic nitrogens is 1. The average Bonchev–Trinajstić information content (AvgIpc) is 3.20. The number of aliphatic hydroxyl groups is 1. The highest BCUT2D eigenvalue weighted by atomic mass is 19.4. The van der Waals surface area contributed by atoms with Crippen molar-refractivity contribution in [2.45, 2.75) is 77.1 Å². The van der Waals surface area contributed by atoms with Crippen LogP contribution in [0.15, 0.2) is 54.7 Å². The van der Waals surface area contributed by atoms with Crippen molar-refractivity contribution in [2.75, 3.05) is 6.54 Å². The number of imide groups is 1. The maximum Gasteiger partial charge on any atom is 0.430 e. The van der Waals surface area contributed by atoms with E-state index in [1.165, 1.54) is 37.4 Å². The van der Waals surface area contributed by atoms with Gasteiger partial charge in [0.1, 0.15) is 17.2 Å². The van der Waals surface area contributed by atoms with Gasteiger partial charge in [-0.15, -0.1) is 0 Å². The van der Waals surface area contributed by atoms with Gasteiger partial charge in [0, 0.05) is 11.1 Å². The average molecular weight is 682 g/mol. The van der Waals surface area contributed by atoms with Crippen LogP contribution >= 0.6 is 0 Å². The van der Waals surface area contributed by atoms with Crippen molar-refractivity contribution in [1.29, 1.82) is 0 Å². The molecule has 0 radical (unpaired) electrons. The van der Waals surface area contributed by atoms with Crippen LogP contribution in [-0.4, -0.2) is 57.7 Å². The number of hydrogen-bond donors (Lipinski definition) is 2. The largest absolute Gasteiger partial charge is 0.489 e. The van der Waals surface area contributed by atoms with E-state index in [1.807, 2.05) is 13.8 Å². The highest BCUT2D eigenvalue weighted by molar-refractivity contribution is 6.11. The topological polar surface area (TPSA) is 118 Å². The second kappa shape index (κ2) is 13.1. The summed E-state index contributed by atoms with van der Waals surface area (Å²) in [4.78, 5) is 44.4. The number of urea groups is 1. The number of carbonyl (C=O) groups is 3. The third-order valence-corrected chi connectivity index (χ3v) is 7.74. The van der Waals surface area contributed by atoms with Gasteiger partial charge in [0.15, 0.2) is 11.3 Å². The molecule has 1 atom stereocenters. The monoisotopic (exact) mass is 681 g/mol. The van der Waals surface area contributed by atoms with Gasteiger partial charge in [-0.2, -0.15) is 26.3 Å². The number of ether oxygens (including phenoxy) is 2. The molecule has 1 fully saturated rings. The number of hydrogen-bond acceptors (Lipinski definition) is 7. The van der Waals surface area contributed by atoms with Crippen LogP contribution in [0.25, 0.3) is 0 Å². The van der Waals surface area contributed by atoms with E-state index >= 15 is 0 Å². The van der Waals surface area contributed by atoms with Gasteiger partial charge in [0.05, 0.1) is 24.5 Å². The molecule has 2 N–H and O–H groups in total. The second-order valence-corrected chi connectivity index (χ2v) is 11.8. The van der Waals surface area contributed by atoms with E-state index in [4.69, 9.17) is 9.47 Å². The minimum Gasteiger partial charge on any atom is -0.489 e. The number of carbonyl (C=O) groups excluding carboxylic acids is 3. The Morgan fingerprint density at radius 2 is 1.65 bits per heavy atom. The van der Waals surface area contributed by atoms with E-state index in [0.29, 0.717) is 29.9 Å². The number of Topliss-reactive ketones (excluding diaryl/α,β-unsaturated/α-hetero) is 1. The predicted octanol–water partition coefficient (Wildman–Crippen LogP) is 6.88. The van der Waals surface area contributed by atoms with E-state index in [1.54, 1.807) is 19.9 Å². The van der Waals surface area contributed by atoms with Crippen molar-refractivity contribution < 1.29 is 55.3 Å². The standard InChI is InChI=1S/C33H33F6N3O6/c1-6-7-20-15-21(31(46,32(34,35)36)33(37,38)39)8-12-26(20)48-22-9-11-24(19(4)14-22)25(43)17-42-28(44)30(5,41-29(42)45)27-13-10-23(16-40-27)47-18(2)3/h8-16,18,46H,6-7,17H2,1-5H3,(H,41,45)/t30-/m0/s1. The first-order valence-corrected chi connectivity index (χ1v) is 14.8. The Bertz CT molecular complexity index is 1690. The van der Waals surface area contributed by atoms with Crippen molar-refractivity contribution in [2.24, 2.45) is 0 Å². The zero-order chi connectivity index (χ0) is 35.8. The minimum atomic E-state index is -6.04. The first-order valence-electron chi connectivity index (χ1n) is 14.8. The van der Waals surface area contributed by atoms with Gasteiger partial charge in [0.25, 0.3) is 11.5 Å². The molecule has 1 saturated heterocycles. The molecule has 2 aromatic carbocycles. The molecule has 0 aliphatic carbocycles. The molecule has 3 aromatic rings. The number of halogens is 6. The van der Waals surface area contributed by atoms with E-state index in [9.17, 15) is 45.8 Å². The molecule has 9 nitrogen and oxygen atoms in total. The molecule has 2 heterocycles. The van der Waals surface area contributed by atoms with Gasteiger partial charge in [0.2, 0.25) is 0 Å². The Labute approximate surface area is 271 Å². The lowest BCUT2D eigenvalue weighted by Gasteiger charge is -2.33. The van der Waals surface area contributed by atoms with E-state index in [0.717, 1.165) is 11.0 Å². The van der Waals surface area contributed by atoms with Crippen LogP contribution in [0.4, 0.5) is 31.1 Å². The Hall–Kier alpha value is -4.66. The van der Waals surface area contributed by atoms with Crippen LogP contribution in [0.1, 0.15) is 66.9 Å². The normalized spacial score (nSPS) is 17.1. The number of nitrogens with one attached hydrogen (secondary N) is 1. The first-order chi connectivity index (χ1) is 22.2. The highest BCUT2D eigenvalue weighted by Crippen LogP contribution is 2.50. The molecule has 0 spiro atoms. The van der Waals surface area contributed by atoms with Gasteiger partial charge in [-0.25, -0.2) is 4.79 Å². The smallest absolute Gasteiger partial charge is 0.430 e. The molecule has 0 bridgehead atoms. The van der Waals surface area contributed by atoms with Crippen LogP contribution in [-0.2, 0) is 22.4 Å². The SMILES string of the molecule is CCCc1cc(C(O)(C(F)(F)F)C(F)(F)F)ccc1Oc1ccc(C(=O)CN2C(=O)N[C@@](C)(c3ccc(OC(C)C)cn3)C2=O)c(C)c1. The maximum absolute atomic E-state index is 13.5. The zero-order valence-corrected chi connectivity index (χ0v) is 26.5. The van der Waals surface area contributed by atoms with Crippen LogP contribution < -0.4 is 14.8 Å². The predicted molar refractivity (Wildman–Crippen MR) is 160 cm³/mol. The summed E-state index contributed by atoms with van der Waals surface area (Å²) in [6, 6.07) is 8.49. The third-order valence-electron chi connectivity index (χ3n) is 7.74. The maximum atomic E-state index is 13.5. The molecule has 1 aliphatic heterocycles. The van der Waals surface area contributed by atoms with Crippen LogP contribution in [0, 0.1) is 6.92 Å². The van der Waals surface area contributed by atoms with Crippen molar-refractivity contribution in [1.82, 2.24) is 15.2 Å². The Morgan fingerprint density at radius 3 is 2.19 bits per heavy atom. The first kappa shape index (κ1) is 36.2. The Kier molecular flexibility index (Phi) is 9.87. The number of rotatable bonds is 11. The number of amides is 3.